The quantitative estimate of drug-likeness (QED) is 0.657. The lowest BCUT2D eigenvalue weighted by Gasteiger charge is -2.08. The molecular weight excluding hydrogens is 284 g/mol. The summed E-state index contributed by atoms with van der Waals surface area (Å²) in [7, 11) is 1.84. The smallest absolute Gasteiger partial charge is 0.225 e. The first kappa shape index (κ1) is 13.8. The van der Waals surface area contributed by atoms with E-state index in [4.69, 9.17) is 0 Å². The molecule has 0 bridgehead atoms. The molecule has 0 spiro atoms. The number of nitrogens with zero attached hydrogens (tertiary/aromatic N) is 4. The van der Waals surface area contributed by atoms with E-state index in [2.05, 4.69) is 36.2 Å². The van der Waals surface area contributed by atoms with Crippen molar-refractivity contribution in [1.82, 2.24) is 19.5 Å². The van der Waals surface area contributed by atoms with Crippen LogP contribution < -0.4 is 10.6 Å². The molecule has 0 amide bonds. The molecule has 0 atom stereocenters. The molecule has 0 aromatic carbocycles. The number of rotatable bonds is 7. The highest BCUT2D eigenvalue weighted by Crippen LogP contribution is 2.26. The van der Waals surface area contributed by atoms with Crippen LogP contribution in [0.3, 0.4) is 0 Å². The number of aryl methyl sites for hydroxylation is 1. The second-order valence-corrected chi connectivity index (χ2v) is 5.61. The van der Waals surface area contributed by atoms with Crippen molar-refractivity contribution in [3.05, 3.63) is 30.2 Å². The monoisotopic (exact) mass is 302 g/mol. The van der Waals surface area contributed by atoms with Gasteiger partial charge in [0.05, 0.1) is 11.7 Å². The van der Waals surface area contributed by atoms with Crippen molar-refractivity contribution in [2.24, 2.45) is 0 Å². The lowest BCUT2D eigenvalue weighted by Crippen LogP contribution is -2.07. The average Bonchev–Trinajstić information content (AvgIpc) is 3.17. The molecule has 6 nitrogen and oxygen atoms in total. The molecule has 0 saturated heterocycles. The number of hydrogen-bond donors (Lipinski definition) is 2. The summed E-state index contributed by atoms with van der Waals surface area (Å²) in [6.07, 6.45) is 7.85. The highest BCUT2D eigenvalue weighted by molar-refractivity contribution is 7.16. The summed E-state index contributed by atoms with van der Waals surface area (Å²) in [6.45, 7) is 1.90. The van der Waals surface area contributed by atoms with E-state index in [9.17, 15) is 0 Å². The van der Waals surface area contributed by atoms with Crippen LogP contribution in [0.5, 0.6) is 0 Å². The van der Waals surface area contributed by atoms with Gasteiger partial charge in [0, 0.05) is 32.5 Å². The Bertz CT molecular complexity index is 691. The largest absolute Gasteiger partial charge is 0.369 e. The lowest BCUT2D eigenvalue weighted by molar-refractivity contribution is 0.621. The summed E-state index contributed by atoms with van der Waals surface area (Å²) in [5, 5.41) is 9.56. The van der Waals surface area contributed by atoms with Crippen LogP contribution in [0.15, 0.2) is 30.2 Å². The summed E-state index contributed by atoms with van der Waals surface area (Å²) in [5.74, 6) is 1.57. The van der Waals surface area contributed by atoms with E-state index in [0.29, 0.717) is 5.95 Å². The minimum absolute atomic E-state index is 0.658. The van der Waals surface area contributed by atoms with Gasteiger partial charge in [-0.2, -0.15) is 4.98 Å². The van der Waals surface area contributed by atoms with E-state index in [1.54, 1.807) is 11.3 Å². The van der Waals surface area contributed by atoms with Gasteiger partial charge in [-0.05, 0) is 24.3 Å². The molecular formula is C14H18N6S. The van der Waals surface area contributed by atoms with Crippen LogP contribution in [0.1, 0.15) is 12.8 Å². The van der Waals surface area contributed by atoms with E-state index in [1.165, 1.54) is 0 Å². The zero-order valence-electron chi connectivity index (χ0n) is 11.9. The van der Waals surface area contributed by atoms with Gasteiger partial charge in [0.15, 0.2) is 0 Å². The Kier molecular flexibility index (Phi) is 4.30. The third-order valence-corrected chi connectivity index (χ3v) is 4.05. The Hall–Kier alpha value is -2.15. The van der Waals surface area contributed by atoms with Crippen molar-refractivity contribution in [2.45, 2.75) is 19.4 Å². The van der Waals surface area contributed by atoms with E-state index >= 15 is 0 Å². The van der Waals surface area contributed by atoms with Gasteiger partial charge in [-0.1, -0.05) is 0 Å². The Morgan fingerprint density at radius 3 is 3.05 bits per heavy atom. The molecule has 3 aromatic heterocycles. The Labute approximate surface area is 127 Å². The zero-order valence-corrected chi connectivity index (χ0v) is 12.7. The van der Waals surface area contributed by atoms with Gasteiger partial charge in [-0.25, -0.2) is 9.97 Å². The SMILES string of the molecule is CNc1nc(NCCCCn2ccnc2)c2ccsc2n1. The topological polar surface area (TPSA) is 67.7 Å². The molecule has 0 fully saturated rings. The van der Waals surface area contributed by atoms with Gasteiger partial charge in [0.1, 0.15) is 10.6 Å². The second kappa shape index (κ2) is 6.53. The first-order valence-electron chi connectivity index (χ1n) is 6.99. The highest BCUT2D eigenvalue weighted by Gasteiger charge is 2.07. The van der Waals surface area contributed by atoms with Gasteiger partial charge in [0.2, 0.25) is 5.95 Å². The standard InChI is InChI=1S/C14H18N6S/c1-15-14-18-12(11-4-9-21-13(11)19-14)17-5-2-3-7-20-8-6-16-10-20/h4,6,8-10H,2-3,5,7H2,1H3,(H2,15,17,18,19). The molecule has 0 aliphatic heterocycles. The maximum absolute atomic E-state index is 4.50. The summed E-state index contributed by atoms with van der Waals surface area (Å²) < 4.78 is 2.10. The first-order chi connectivity index (χ1) is 10.4. The van der Waals surface area contributed by atoms with Crippen molar-refractivity contribution in [2.75, 3.05) is 24.2 Å². The van der Waals surface area contributed by atoms with Crippen LogP contribution in [0.4, 0.5) is 11.8 Å². The third-order valence-electron chi connectivity index (χ3n) is 3.24. The van der Waals surface area contributed by atoms with Crippen LogP contribution >= 0.6 is 11.3 Å². The van der Waals surface area contributed by atoms with Gasteiger partial charge < -0.3 is 15.2 Å². The predicted molar refractivity (Wildman–Crippen MR) is 86.9 cm³/mol. The van der Waals surface area contributed by atoms with Crippen molar-refractivity contribution >= 4 is 33.3 Å². The number of aromatic nitrogens is 4. The number of nitrogens with one attached hydrogen (secondary N) is 2. The van der Waals surface area contributed by atoms with Crippen molar-refractivity contribution in [3.8, 4) is 0 Å². The van der Waals surface area contributed by atoms with Crippen molar-refractivity contribution < 1.29 is 0 Å². The van der Waals surface area contributed by atoms with Crippen molar-refractivity contribution in [3.63, 3.8) is 0 Å². The Morgan fingerprint density at radius 1 is 1.29 bits per heavy atom. The minimum Gasteiger partial charge on any atom is -0.369 e. The molecule has 0 aliphatic rings. The Balaban J connectivity index is 1.56. The van der Waals surface area contributed by atoms with E-state index in [1.807, 2.05) is 31.1 Å². The first-order valence-corrected chi connectivity index (χ1v) is 7.87. The third kappa shape index (κ3) is 3.30. The molecule has 21 heavy (non-hydrogen) atoms. The number of thiophene rings is 1. The maximum atomic E-state index is 4.50. The van der Waals surface area contributed by atoms with Crippen LogP contribution in [0, 0.1) is 0 Å². The zero-order chi connectivity index (χ0) is 14.5. The van der Waals surface area contributed by atoms with Crippen LogP contribution in [-0.4, -0.2) is 33.1 Å². The molecule has 110 valence electrons. The molecule has 3 aromatic rings. The molecule has 0 saturated carbocycles. The lowest BCUT2D eigenvalue weighted by atomic mass is 10.3. The van der Waals surface area contributed by atoms with E-state index < -0.39 is 0 Å². The number of fused-ring (bicyclic) bond motifs is 1. The van der Waals surface area contributed by atoms with Crippen molar-refractivity contribution in [1.29, 1.82) is 0 Å². The fourth-order valence-electron chi connectivity index (χ4n) is 2.15. The van der Waals surface area contributed by atoms with Gasteiger partial charge >= 0.3 is 0 Å². The average molecular weight is 302 g/mol. The summed E-state index contributed by atoms with van der Waals surface area (Å²) in [5.41, 5.74) is 0. The fourth-order valence-corrected chi connectivity index (χ4v) is 2.91. The van der Waals surface area contributed by atoms with Gasteiger partial charge in [-0.15, -0.1) is 11.3 Å². The molecule has 3 rings (SSSR count). The summed E-state index contributed by atoms with van der Waals surface area (Å²) in [4.78, 5) is 14.0. The molecule has 0 radical (unpaired) electrons. The van der Waals surface area contributed by atoms with E-state index in [0.717, 1.165) is 42.0 Å². The molecule has 2 N–H and O–H groups in total. The van der Waals surface area contributed by atoms with Gasteiger partial charge in [-0.3, -0.25) is 0 Å². The van der Waals surface area contributed by atoms with Gasteiger partial charge in [0.25, 0.3) is 0 Å². The number of unbranched alkanes of at least 4 members (excludes halogenated alkanes) is 1. The van der Waals surface area contributed by atoms with Crippen LogP contribution in [0.25, 0.3) is 10.2 Å². The van der Waals surface area contributed by atoms with Crippen LogP contribution in [-0.2, 0) is 6.54 Å². The number of hydrogen-bond acceptors (Lipinski definition) is 6. The minimum atomic E-state index is 0.658. The maximum Gasteiger partial charge on any atom is 0.225 e. The number of anilines is 2. The molecule has 0 unspecified atom stereocenters. The highest BCUT2D eigenvalue weighted by atomic mass is 32.1. The predicted octanol–water partition coefficient (Wildman–Crippen LogP) is 2.82. The Morgan fingerprint density at radius 2 is 2.24 bits per heavy atom. The molecule has 0 aliphatic carbocycles. The molecule has 3 heterocycles. The normalized spacial score (nSPS) is 10.9. The summed E-state index contributed by atoms with van der Waals surface area (Å²) >= 11 is 1.63. The van der Waals surface area contributed by atoms with E-state index in [-0.39, 0.29) is 0 Å². The van der Waals surface area contributed by atoms with Crippen LogP contribution in [0.2, 0.25) is 0 Å². The molecule has 7 heteroatoms. The second-order valence-electron chi connectivity index (χ2n) is 4.72. The fraction of sp³-hybridized carbons (Fsp3) is 0.357. The summed E-state index contributed by atoms with van der Waals surface area (Å²) in [6, 6.07) is 2.06. The number of imidazole rings is 1.